The van der Waals surface area contributed by atoms with E-state index in [1.165, 1.54) is 18.3 Å². The number of morpholine rings is 1. The predicted octanol–water partition coefficient (Wildman–Crippen LogP) is 2.13. The Hall–Kier alpha value is -3.41. The van der Waals surface area contributed by atoms with Crippen LogP contribution in [0.5, 0.6) is 0 Å². The third-order valence-corrected chi connectivity index (χ3v) is 7.03. The van der Waals surface area contributed by atoms with Gasteiger partial charge in [0.25, 0.3) is 5.91 Å². The Morgan fingerprint density at radius 2 is 1.94 bits per heavy atom. The maximum Gasteiger partial charge on any atom is 0.264 e. The van der Waals surface area contributed by atoms with E-state index in [1.54, 1.807) is 6.21 Å². The highest BCUT2D eigenvalue weighted by atomic mass is 32.1. The number of fused-ring (bicyclic) bond motifs is 1. The van der Waals surface area contributed by atoms with Crippen LogP contribution >= 0.6 is 11.3 Å². The number of hydrogen-bond acceptors (Lipinski definition) is 10. The molecule has 0 saturated carbocycles. The first-order valence-corrected chi connectivity index (χ1v) is 12.8. The molecule has 0 bridgehead atoms. The maximum atomic E-state index is 13.3. The molecule has 1 aromatic carbocycles. The Bertz CT molecular complexity index is 1220. The molecule has 10 nitrogen and oxygen atoms in total. The van der Waals surface area contributed by atoms with E-state index < -0.39 is 0 Å². The van der Waals surface area contributed by atoms with Crippen LogP contribution in [0.1, 0.15) is 28.6 Å². The molecule has 3 aromatic rings. The highest BCUT2D eigenvalue weighted by molar-refractivity contribution is 7.21. The fourth-order valence-corrected chi connectivity index (χ4v) is 5.31. The van der Waals surface area contributed by atoms with Gasteiger partial charge in [0.2, 0.25) is 0 Å². The lowest BCUT2D eigenvalue weighted by Gasteiger charge is -2.28. The van der Waals surface area contributed by atoms with Crippen molar-refractivity contribution in [2.75, 3.05) is 57.4 Å². The third-order valence-electron chi connectivity index (χ3n) is 5.92. The molecule has 0 aliphatic carbocycles. The fourth-order valence-electron chi connectivity index (χ4n) is 4.23. The number of aromatic nitrogens is 2. The number of ether oxygens (including phenoxy) is 1. The number of rotatable bonds is 4. The van der Waals surface area contributed by atoms with E-state index in [4.69, 9.17) is 25.3 Å². The van der Waals surface area contributed by atoms with Crippen molar-refractivity contribution in [3.63, 3.8) is 0 Å². The van der Waals surface area contributed by atoms with Gasteiger partial charge in [-0.3, -0.25) is 4.79 Å². The summed E-state index contributed by atoms with van der Waals surface area (Å²) in [5.74, 6) is 6.93. The van der Waals surface area contributed by atoms with Gasteiger partial charge < -0.3 is 30.5 Å². The normalized spacial score (nSPS) is 16.5. The summed E-state index contributed by atoms with van der Waals surface area (Å²) in [6.07, 6.45) is 3.31. The number of benzene rings is 1. The number of anilines is 1. The van der Waals surface area contributed by atoms with Crippen molar-refractivity contribution >= 4 is 45.8 Å². The smallest absolute Gasteiger partial charge is 0.264 e. The van der Waals surface area contributed by atoms with Crippen LogP contribution in [-0.2, 0) is 9.53 Å². The van der Waals surface area contributed by atoms with Crippen LogP contribution in [0, 0.1) is 0 Å². The molecule has 2 aromatic heterocycles. The van der Waals surface area contributed by atoms with E-state index in [9.17, 15) is 4.79 Å². The number of thiophene rings is 1. The number of hydrazone groups is 1. The summed E-state index contributed by atoms with van der Waals surface area (Å²) in [6, 6.07) is 9.68. The van der Waals surface area contributed by atoms with Crippen LogP contribution in [0.25, 0.3) is 21.6 Å². The van der Waals surface area contributed by atoms with Crippen molar-refractivity contribution in [2.45, 2.75) is 13.3 Å². The molecule has 190 valence electrons. The van der Waals surface area contributed by atoms with Gasteiger partial charge in [0, 0.05) is 43.9 Å². The predicted molar refractivity (Wildman–Crippen MR) is 143 cm³/mol. The van der Waals surface area contributed by atoms with E-state index in [0.717, 1.165) is 72.6 Å². The molecule has 1 amide bonds. The molecule has 0 spiro atoms. The second-order valence-electron chi connectivity index (χ2n) is 8.29. The standard InChI is InChI=1S/C23H27N7O2S.C2H4O/c24-26-15-16-4-1-2-5-17(16)21-27-18-14-19(23(31)30-8-3-6-25-7-9-30)33-20(18)22(28-21)29-10-12-32-13-11-29;1-2-3/h1-2,4-5,14-15,25H,3,6-13,24H2;2H,1H3/b26-15-;. The summed E-state index contributed by atoms with van der Waals surface area (Å²) in [7, 11) is 0. The molecule has 36 heavy (non-hydrogen) atoms. The van der Waals surface area contributed by atoms with Crippen LogP contribution in [0.3, 0.4) is 0 Å². The lowest BCUT2D eigenvalue weighted by atomic mass is 10.1. The summed E-state index contributed by atoms with van der Waals surface area (Å²) in [4.78, 5) is 36.8. The molecule has 4 heterocycles. The zero-order chi connectivity index (χ0) is 25.3. The van der Waals surface area contributed by atoms with Crippen molar-refractivity contribution < 1.29 is 14.3 Å². The van der Waals surface area contributed by atoms with Gasteiger partial charge in [-0.05, 0) is 26.0 Å². The minimum absolute atomic E-state index is 0.0619. The van der Waals surface area contributed by atoms with Gasteiger partial charge >= 0.3 is 0 Å². The minimum atomic E-state index is 0.0619. The first-order valence-electron chi connectivity index (χ1n) is 12.0. The Morgan fingerprint density at radius 3 is 2.72 bits per heavy atom. The third kappa shape index (κ3) is 5.86. The molecule has 2 fully saturated rings. The molecule has 0 atom stereocenters. The monoisotopic (exact) mass is 509 g/mol. The van der Waals surface area contributed by atoms with Crippen LogP contribution in [0.4, 0.5) is 5.82 Å². The average Bonchev–Trinajstić information content (AvgIpc) is 3.15. The number of amides is 1. The molecule has 0 radical (unpaired) electrons. The Kier molecular flexibility index (Phi) is 8.93. The quantitative estimate of drug-likeness (QED) is 0.237. The Balaban J connectivity index is 0.000000967. The first-order chi connectivity index (χ1) is 17.7. The van der Waals surface area contributed by atoms with Crippen LogP contribution in [0.2, 0.25) is 0 Å². The van der Waals surface area contributed by atoms with E-state index >= 15 is 0 Å². The van der Waals surface area contributed by atoms with Gasteiger partial charge in [-0.2, -0.15) is 5.10 Å². The van der Waals surface area contributed by atoms with Crippen molar-refractivity contribution in [1.29, 1.82) is 0 Å². The number of nitrogens with one attached hydrogen (secondary N) is 1. The second-order valence-corrected chi connectivity index (χ2v) is 9.34. The Labute approximate surface area is 214 Å². The van der Waals surface area contributed by atoms with E-state index in [0.29, 0.717) is 30.5 Å². The highest BCUT2D eigenvalue weighted by Gasteiger charge is 2.24. The molecule has 5 rings (SSSR count). The Morgan fingerprint density at radius 1 is 1.17 bits per heavy atom. The molecular weight excluding hydrogens is 478 g/mol. The summed E-state index contributed by atoms with van der Waals surface area (Å²) < 4.78 is 6.49. The van der Waals surface area contributed by atoms with Gasteiger partial charge in [0.05, 0.1) is 34.5 Å². The van der Waals surface area contributed by atoms with Crippen LogP contribution in [0.15, 0.2) is 35.4 Å². The molecule has 2 aliphatic rings. The highest BCUT2D eigenvalue weighted by Crippen LogP contribution is 2.35. The van der Waals surface area contributed by atoms with Crippen molar-refractivity contribution in [3.05, 3.63) is 40.8 Å². The fraction of sp³-hybridized carbons (Fsp3) is 0.400. The summed E-state index contributed by atoms with van der Waals surface area (Å²) in [5.41, 5.74) is 2.47. The molecule has 0 unspecified atom stereocenters. The maximum absolute atomic E-state index is 13.3. The van der Waals surface area contributed by atoms with E-state index in [2.05, 4.69) is 15.3 Å². The van der Waals surface area contributed by atoms with Crippen LogP contribution in [-0.4, -0.2) is 85.8 Å². The topological polar surface area (TPSA) is 126 Å². The molecular formula is C25H31N7O3S. The van der Waals surface area contributed by atoms with E-state index in [-0.39, 0.29) is 5.91 Å². The lowest BCUT2D eigenvalue weighted by Crippen LogP contribution is -2.36. The number of carbonyl (C=O) groups is 2. The van der Waals surface area contributed by atoms with Crippen molar-refractivity contribution in [3.8, 4) is 11.4 Å². The van der Waals surface area contributed by atoms with E-state index in [1.807, 2.05) is 35.2 Å². The SMILES string of the molecule is CC=O.N/N=C\c1ccccc1-c1nc(N2CCOCC2)c2sc(C(=O)N3CCCNCC3)cc2n1. The van der Waals surface area contributed by atoms with Gasteiger partial charge in [-0.25, -0.2) is 9.97 Å². The molecule has 3 N–H and O–H groups in total. The first kappa shape index (κ1) is 25.7. The number of nitrogens with zero attached hydrogens (tertiary/aromatic N) is 5. The number of hydrogen-bond donors (Lipinski definition) is 2. The number of nitrogens with two attached hydrogens (primary N) is 1. The van der Waals surface area contributed by atoms with Gasteiger partial charge in [-0.15, -0.1) is 11.3 Å². The second kappa shape index (κ2) is 12.5. The zero-order valence-corrected chi connectivity index (χ0v) is 21.2. The molecule has 2 aliphatic heterocycles. The summed E-state index contributed by atoms with van der Waals surface area (Å²) >= 11 is 1.48. The van der Waals surface area contributed by atoms with Crippen molar-refractivity contribution in [1.82, 2.24) is 20.2 Å². The van der Waals surface area contributed by atoms with Gasteiger partial charge in [0.1, 0.15) is 6.29 Å². The van der Waals surface area contributed by atoms with Gasteiger partial charge in [0.15, 0.2) is 11.6 Å². The zero-order valence-electron chi connectivity index (χ0n) is 20.4. The summed E-state index contributed by atoms with van der Waals surface area (Å²) in [5, 5.41) is 7.05. The average molecular weight is 510 g/mol. The number of aldehydes is 1. The van der Waals surface area contributed by atoms with Gasteiger partial charge in [-0.1, -0.05) is 24.3 Å². The molecule has 2 saturated heterocycles. The minimum Gasteiger partial charge on any atom is -0.378 e. The lowest BCUT2D eigenvalue weighted by molar-refractivity contribution is -0.106. The summed E-state index contributed by atoms with van der Waals surface area (Å²) in [6.45, 7) is 7.47. The molecule has 11 heteroatoms. The number of carbonyl (C=O) groups excluding carboxylic acids is 2. The largest absolute Gasteiger partial charge is 0.378 e. The van der Waals surface area contributed by atoms with Crippen molar-refractivity contribution in [2.24, 2.45) is 10.9 Å². The van der Waals surface area contributed by atoms with Crippen LogP contribution < -0.4 is 16.1 Å².